The van der Waals surface area contributed by atoms with Gasteiger partial charge in [-0.1, -0.05) is 20.8 Å². The zero-order chi connectivity index (χ0) is 14.4. The van der Waals surface area contributed by atoms with E-state index in [-0.39, 0.29) is 23.0 Å². The number of fused-ring (bicyclic) bond motifs is 2. The summed E-state index contributed by atoms with van der Waals surface area (Å²) in [6.07, 6.45) is 2.17. The number of nitrogens with zero attached hydrogens (tertiary/aromatic N) is 1. The molecular formula is C15H28N2O2. The molecule has 2 rings (SSSR count). The average Bonchev–Trinajstić information content (AvgIpc) is 2.60. The summed E-state index contributed by atoms with van der Waals surface area (Å²) in [5.74, 6) is 0.638. The summed E-state index contributed by atoms with van der Waals surface area (Å²) >= 11 is 0. The van der Waals surface area contributed by atoms with Crippen molar-refractivity contribution >= 4 is 6.09 Å². The highest BCUT2D eigenvalue weighted by Gasteiger charge is 2.67. The number of ether oxygens (including phenoxy) is 1. The quantitative estimate of drug-likeness (QED) is 0.855. The van der Waals surface area contributed by atoms with Crippen LogP contribution in [0, 0.1) is 16.7 Å². The molecule has 4 nitrogen and oxygen atoms in total. The van der Waals surface area contributed by atoms with Gasteiger partial charge in [0.25, 0.3) is 0 Å². The maximum absolute atomic E-state index is 11.8. The van der Waals surface area contributed by atoms with E-state index in [9.17, 15) is 4.79 Å². The number of carbonyl (C=O) groups excluding carboxylic acids is 1. The highest BCUT2D eigenvalue weighted by molar-refractivity contribution is 5.68. The monoisotopic (exact) mass is 268 g/mol. The molecular weight excluding hydrogens is 240 g/mol. The lowest BCUT2D eigenvalue weighted by molar-refractivity contribution is 0.0918. The minimum atomic E-state index is -0.274. The van der Waals surface area contributed by atoms with Gasteiger partial charge in [0.05, 0.1) is 12.6 Å². The Kier molecular flexibility index (Phi) is 3.58. The SMILES string of the molecule is CCOC(=O)N[C@@H]1[C@H](N(C)C)[C@@H]2CC[C@]1(C)C2(C)C. The highest BCUT2D eigenvalue weighted by Crippen LogP contribution is 2.66. The molecule has 19 heavy (non-hydrogen) atoms. The van der Waals surface area contributed by atoms with Gasteiger partial charge in [0.2, 0.25) is 0 Å². The zero-order valence-electron chi connectivity index (χ0n) is 13.1. The van der Waals surface area contributed by atoms with E-state index in [2.05, 4.69) is 45.1 Å². The fourth-order valence-corrected chi connectivity index (χ4v) is 4.53. The van der Waals surface area contributed by atoms with Crippen LogP contribution in [0.25, 0.3) is 0 Å². The third kappa shape index (κ3) is 1.95. The first kappa shape index (κ1) is 14.6. The van der Waals surface area contributed by atoms with Crippen molar-refractivity contribution in [1.29, 1.82) is 0 Å². The molecule has 2 aliphatic rings. The molecule has 0 heterocycles. The lowest BCUT2D eigenvalue weighted by Crippen LogP contribution is -2.56. The van der Waals surface area contributed by atoms with Crippen LogP contribution in [0.4, 0.5) is 4.79 Å². The minimum absolute atomic E-state index is 0.152. The van der Waals surface area contributed by atoms with Gasteiger partial charge in [-0.2, -0.15) is 0 Å². The average molecular weight is 268 g/mol. The van der Waals surface area contributed by atoms with Crippen molar-refractivity contribution in [1.82, 2.24) is 10.2 Å². The Morgan fingerprint density at radius 1 is 1.37 bits per heavy atom. The first-order valence-corrected chi connectivity index (χ1v) is 7.35. The number of amides is 1. The molecule has 0 aromatic carbocycles. The van der Waals surface area contributed by atoms with E-state index >= 15 is 0 Å². The van der Waals surface area contributed by atoms with E-state index in [0.717, 1.165) is 0 Å². The third-order valence-electron chi connectivity index (χ3n) is 5.96. The second-order valence-electron chi connectivity index (χ2n) is 7.08. The van der Waals surface area contributed by atoms with Crippen LogP contribution >= 0.6 is 0 Å². The number of hydrogen-bond donors (Lipinski definition) is 1. The lowest BCUT2D eigenvalue weighted by Gasteiger charge is -2.41. The van der Waals surface area contributed by atoms with Gasteiger partial charge in [-0.05, 0) is 50.6 Å². The Balaban J connectivity index is 2.27. The molecule has 2 fully saturated rings. The van der Waals surface area contributed by atoms with E-state index < -0.39 is 0 Å². The van der Waals surface area contributed by atoms with Gasteiger partial charge >= 0.3 is 6.09 Å². The van der Waals surface area contributed by atoms with E-state index in [1.165, 1.54) is 12.8 Å². The van der Waals surface area contributed by atoms with E-state index in [4.69, 9.17) is 4.74 Å². The van der Waals surface area contributed by atoms with Gasteiger partial charge in [-0.3, -0.25) is 0 Å². The number of carbonyl (C=O) groups is 1. The number of rotatable bonds is 3. The second kappa shape index (κ2) is 4.65. The molecule has 2 saturated carbocycles. The third-order valence-corrected chi connectivity index (χ3v) is 5.96. The van der Waals surface area contributed by atoms with Crippen molar-refractivity contribution in [3.63, 3.8) is 0 Å². The fourth-order valence-electron chi connectivity index (χ4n) is 4.53. The summed E-state index contributed by atoms with van der Waals surface area (Å²) in [6.45, 7) is 9.31. The summed E-state index contributed by atoms with van der Waals surface area (Å²) in [4.78, 5) is 14.1. The molecule has 4 atom stereocenters. The molecule has 0 unspecified atom stereocenters. The van der Waals surface area contributed by atoms with Crippen LogP contribution in [0.15, 0.2) is 0 Å². The first-order valence-electron chi connectivity index (χ1n) is 7.35. The molecule has 0 aromatic heterocycles. The van der Waals surface area contributed by atoms with Crippen molar-refractivity contribution < 1.29 is 9.53 Å². The molecule has 4 heteroatoms. The Bertz CT molecular complexity index is 367. The van der Waals surface area contributed by atoms with E-state index in [0.29, 0.717) is 18.6 Å². The van der Waals surface area contributed by atoms with Crippen LogP contribution in [-0.2, 0) is 4.74 Å². The summed E-state index contributed by atoms with van der Waals surface area (Å²) in [5, 5.41) is 3.14. The summed E-state index contributed by atoms with van der Waals surface area (Å²) in [6, 6.07) is 0.577. The van der Waals surface area contributed by atoms with Crippen LogP contribution in [-0.4, -0.2) is 43.8 Å². The normalized spacial score (nSPS) is 39.6. The van der Waals surface area contributed by atoms with Crippen LogP contribution in [0.2, 0.25) is 0 Å². The van der Waals surface area contributed by atoms with E-state index in [1.54, 1.807) is 0 Å². The summed E-state index contributed by atoms with van der Waals surface area (Å²) in [7, 11) is 4.23. The molecule has 0 aliphatic heterocycles. The molecule has 1 amide bonds. The highest BCUT2D eigenvalue weighted by atomic mass is 16.5. The Morgan fingerprint density at radius 2 is 2.00 bits per heavy atom. The molecule has 0 saturated heterocycles. The second-order valence-corrected chi connectivity index (χ2v) is 7.08. The Labute approximate surface area is 116 Å². The van der Waals surface area contributed by atoms with Crippen molar-refractivity contribution in [2.24, 2.45) is 16.7 Å². The topological polar surface area (TPSA) is 41.6 Å². The summed E-state index contributed by atoms with van der Waals surface area (Å²) in [5.41, 5.74) is 0.408. The Morgan fingerprint density at radius 3 is 2.53 bits per heavy atom. The van der Waals surface area contributed by atoms with Gasteiger partial charge in [-0.15, -0.1) is 0 Å². The number of alkyl carbamates (subject to hydrolysis) is 1. The van der Waals surface area contributed by atoms with Crippen molar-refractivity contribution in [2.75, 3.05) is 20.7 Å². The molecule has 0 spiro atoms. The van der Waals surface area contributed by atoms with Gasteiger partial charge in [0.15, 0.2) is 0 Å². The van der Waals surface area contributed by atoms with Gasteiger partial charge in [0, 0.05) is 6.04 Å². The molecule has 110 valence electrons. The fraction of sp³-hybridized carbons (Fsp3) is 0.933. The van der Waals surface area contributed by atoms with E-state index in [1.807, 2.05) is 6.92 Å². The zero-order valence-corrected chi connectivity index (χ0v) is 13.1. The minimum Gasteiger partial charge on any atom is -0.450 e. The van der Waals surface area contributed by atoms with Gasteiger partial charge in [-0.25, -0.2) is 4.79 Å². The van der Waals surface area contributed by atoms with Crippen LogP contribution < -0.4 is 5.32 Å². The Hall–Kier alpha value is -0.770. The number of hydrogen-bond acceptors (Lipinski definition) is 3. The maximum atomic E-state index is 11.8. The number of nitrogens with one attached hydrogen (secondary N) is 1. The van der Waals surface area contributed by atoms with Crippen molar-refractivity contribution in [2.45, 2.75) is 52.6 Å². The largest absolute Gasteiger partial charge is 0.450 e. The van der Waals surface area contributed by atoms with Crippen LogP contribution in [0.1, 0.15) is 40.5 Å². The molecule has 1 N–H and O–H groups in total. The molecule has 0 aromatic rings. The molecule has 2 aliphatic carbocycles. The van der Waals surface area contributed by atoms with Gasteiger partial charge < -0.3 is 15.0 Å². The van der Waals surface area contributed by atoms with Gasteiger partial charge in [0.1, 0.15) is 0 Å². The molecule has 2 bridgehead atoms. The number of likely N-dealkylation sites (N-methyl/N-ethyl adjacent to an activating group) is 1. The molecule has 0 radical (unpaired) electrons. The lowest BCUT2D eigenvalue weighted by atomic mass is 9.69. The van der Waals surface area contributed by atoms with Crippen LogP contribution in [0.3, 0.4) is 0 Å². The standard InChI is InChI=1S/C15H28N2O2/c1-7-19-13(18)16-12-11(17(5)6)10-8-9-15(12,4)14(10,2)3/h10-12H,7-9H2,1-6H3,(H,16,18)/t10-,11+,12+,15-/m0/s1. The predicted molar refractivity (Wildman–Crippen MR) is 76.0 cm³/mol. The maximum Gasteiger partial charge on any atom is 0.407 e. The first-order chi connectivity index (χ1) is 8.75. The summed E-state index contributed by atoms with van der Waals surface area (Å²) < 4.78 is 5.08. The van der Waals surface area contributed by atoms with Crippen molar-refractivity contribution in [3.8, 4) is 0 Å². The smallest absolute Gasteiger partial charge is 0.407 e. The van der Waals surface area contributed by atoms with Crippen LogP contribution in [0.5, 0.6) is 0 Å². The predicted octanol–water partition coefficient (Wildman–Crippen LogP) is 2.49. The van der Waals surface area contributed by atoms with Crippen molar-refractivity contribution in [3.05, 3.63) is 0 Å².